The molecule has 2 unspecified atom stereocenters. The summed E-state index contributed by atoms with van der Waals surface area (Å²) in [6.45, 7) is 7.01. The van der Waals surface area contributed by atoms with E-state index in [-0.39, 0.29) is 6.10 Å². The second-order valence-electron chi connectivity index (χ2n) is 5.49. The Kier molecular flexibility index (Phi) is 3.55. The molecule has 1 saturated heterocycles. The quantitative estimate of drug-likeness (QED) is 0.871. The molecule has 0 spiro atoms. The van der Waals surface area contributed by atoms with Crippen LogP contribution >= 0.6 is 0 Å². The van der Waals surface area contributed by atoms with Crippen LogP contribution < -0.4 is 0 Å². The number of rotatable bonds is 3. The first-order valence-corrected chi connectivity index (χ1v) is 6.46. The van der Waals surface area contributed by atoms with Crippen molar-refractivity contribution in [2.24, 2.45) is 5.92 Å². The summed E-state index contributed by atoms with van der Waals surface area (Å²) in [5, 5.41) is 10.7. The summed E-state index contributed by atoms with van der Waals surface area (Å²) in [6.07, 6.45) is 1.63. The summed E-state index contributed by atoms with van der Waals surface area (Å²) in [5.41, 5.74) is 1.50. The molecule has 1 heterocycles. The van der Waals surface area contributed by atoms with E-state index in [0.29, 0.717) is 18.9 Å². The second kappa shape index (κ2) is 4.79. The Hall–Kier alpha value is -0.860. The van der Waals surface area contributed by atoms with Crippen LogP contribution in [0.25, 0.3) is 0 Å². The maximum Gasteiger partial charge on any atom is 0.118 e. The zero-order chi connectivity index (χ0) is 12.5. The van der Waals surface area contributed by atoms with Gasteiger partial charge in [0.1, 0.15) is 5.60 Å². The van der Waals surface area contributed by atoms with Crippen molar-refractivity contribution in [3.05, 3.63) is 35.4 Å². The summed E-state index contributed by atoms with van der Waals surface area (Å²) in [5.74, 6) is 0.636. The van der Waals surface area contributed by atoms with Gasteiger partial charge in [-0.2, -0.15) is 0 Å². The summed E-state index contributed by atoms with van der Waals surface area (Å²) in [4.78, 5) is 0. The van der Waals surface area contributed by atoms with Gasteiger partial charge in [-0.3, -0.25) is 0 Å². The Labute approximate surface area is 104 Å². The zero-order valence-electron chi connectivity index (χ0n) is 10.9. The highest BCUT2D eigenvalue weighted by molar-refractivity contribution is 5.30. The monoisotopic (exact) mass is 234 g/mol. The van der Waals surface area contributed by atoms with Crippen molar-refractivity contribution < 1.29 is 9.84 Å². The van der Waals surface area contributed by atoms with Crippen LogP contribution in [0.5, 0.6) is 0 Å². The molecule has 0 aliphatic carbocycles. The fraction of sp³-hybridized carbons (Fsp3) is 0.600. The molecule has 2 heteroatoms. The van der Waals surface area contributed by atoms with Gasteiger partial charge < -0.3 is 9.84 Å². The summed E-state index contributed by atoms with van der Waals surface area (Å²) >= 11 is 0. The van der Waals surface area contributed by atoms with Crippen molar-refractivity contribution in [2.45, 2.75) is 45.3 Å². The average Bonchev–Trinajstić information content (AvgIpc) is 2.60. The van der Waals surface area contributed by atoms with Crippen molar-refractivity contribution in [3.63, 3.8) is 0 Å². The molecule has 0 bridgehead atoms. The molecule has 2 nitrogen and oxygen atoms in total. The maximum absolute atomic E-state index is 10.7. The van der Waals surface area contributed by atoms with Gasteiger partial charge in [-0.1, -0.05) is 38.1 Å². The van der Waals surface area contributed by atoms with Crippen molar-refractivity contribution in [2.75, 3.05) is 6.61 Å². The van der Waals surface area contributed by atoms with Gasteiger partial charge in [0.15, 0.2) is 0 Å². The molecular weight excluding hydrogens is 212 g/mol. The van der Waals surface area contributed by atoms with E-state index in [0.717, 1.165) is 12.0 Å². The highest BCUT2D eigenvalue weighted by Crippen LogP contribution is 2.36. The van der Waals surface area contributed by atoms with Crippen LogP contribution in [-0.2, 0) is 16.8 Å². The van der Waals surface area contributed by atoms with E-state index >= 15 is 0 Å². The first-order valence-electron chi connectivity index (χ1n) is 6.46. The summed E-state index contributed by atoms with van der Waals surface area (Å²) in [6, 6.07) is 8.31. The van der Waals surface area contributed by atoms with Gasteiger partial charge in [-0.05, 0) is 30.4 Å². The predicted molar refractivity (Wildman–Crippen MR) is 68.9 cm³/mol. The molecule has 1 aromatic carbocycles. The van der Waals surface area contributed by atoms with Gasteiger partial charge in [-0.25, -0.2) is 0 Å². The van der Waals surface area contributed by atoms with Gasteiger partial charge in [0.2, 0.25) is 0 Å². The lowest BCUT2D eigenvalue weighted by molar-refractivity contribution is -0.0317. The van der Waals surface area contributed by atoms with E-state index in [2.05, 4.69) is 26.0 Å². The van der Waals surface area contributed by atoms with E-state index in [4.69, 9.17) is 4.74 Å². The van der Waals surface area contributed by atoms with Crippen molar-refractivity contribution in [1.82, 2.24) is 0 Å². The molecule has 17 heavy (non-hydrogen) atoms. The highest BCUT2D eigenvalue weighted by atomic mass is 16.5. The second-order valence-corrected chi connectivity index (χ2v) is 5.49. The van der Waals surface area contributed by atoms with E-state index in [9.17, 15) is 5.11 Å². The van der Waals surface area contributed by atoms with Crippen molar-refractivity contribution in [1.29, 1.82) is 0 Å². The van der Waals surface area contributed by atoms with Crippen LogP contribution in [-0.4, -0.2) is 17.8 Å². The summed E-state index contributed by atoms with van der Waals surface area (Å²) < 4.78 is 5.49. The van der Waals surface area contributed by atoms with Gasteiger partial charge >= 0.3 is 0 Å². The van der Waals surface area contributed by atoms with Crippen molar-refractivity contribution in [3.8, 4) is 0 Å². The summed E-state index contributed by atoms with van der Waals surface area (Å²) in [7, 11) is 0. The molecule has 2 atom stereocenters. The third-order valence-electron chi connectivity index (χ3n) is 3.59. The smallest absolute Gasteiger partial charge is 0.118 e. The number of hydrogen-bond acceptors (Lipinski definition) is 2. The fourth-order valence-electron chi connectivity index (χ4n) is 2.55. The topological polar surface area (TPSA) is 29.5 Å². The minimum Gasteiger partial charge on any atom is -0.382 e. The number of aliphatic hydroxyl groups is 1. The number of ether oxygens (including phenoxy) is 1. The molecule has 0 aromatic heterocycles. The largest absolute Gasteiger partial charge is 0.382 e. The molecule has 2 rings (SSSR count). The maximum atomic E-state index is 10.7. The minimum absolute atomic E-state index is 0.114. The van der Waals surface area contributed by atoms with E-state index in [1.54, 1.807) is 0 Å². The predicted octanol–water partition coefficient (Wildman–Crippen LogP) is 2.88. The number of hydrogen-bond donors (Lipinski definition) is 1. The third kappa shape index (κ3) is 2.53. The lowest BCUT2D eigenvalue weighted by Gasteiger charge is -2.27. The highest BCUT2D eigenvalue weighted by Gasteiger charge is 2.41. The molecule has 1 aliphatic heterocycles. The SMILES string of the molecule is CC(C)Cc1cccc(C2(O)CCOC2C)c1. The van der Waals surface area contributed by atoms with E-state index < -0.39 is 5.60 Å². The molecule has 1 N–H and O–H groups in total. The lowest BCUT2D eigenvalue weighted by atomic mass is 9.86. The Morgan fingerprint density at radius 3 is 2.82 bits per heavy atom. The Morgan fingerprint density at radius 2 is 2.24 bits per heavy atom. The van der Waals surface area contributed by atoms with Crippen LogP contribution in [0, 0.1) is 5.92 Å². The molecule has 1 aromatic rings. The molecule has 94 valence electrons. The first-order chi connectivity index (χ1) is 8.02. The lowest BCUT2D eigenvalue weighted by Crippen LogP contribution is -2.33. The zero-order valence-corrected chi connectivity index (χ0v) is 10.9. The first kappa shape index (κ1) is 12.6. The van der Waals surface area contributed by atoms with Crippen LogP contribution in [0.1, 0.15) is 38.3 Å². The van der Waals surface area contributed by atoms with Crippen LogP contribution in [0.4, 0.5) is 0 Å². The Bertz CT molecular complexity index is 386. The standard InChI is InChI=1S/C15H22O2/c1-11(2)9-13-5-4-6-14(10-13)15(16)7-8-17-12(15)3/h4-6,10-12,16H,7-9H2,1-3H3. The van der Waals surface area contributed by atoms with Gasteiger partial charge in [0.25, 0.3) is 0 Å². The molecule has 1 fully saturated rings. The van der Waals surface area contributed by atoms with Gasteiger partial charge in [-0.15, -0.1) is 0 Å². The average molecular weight is 234 g/mol. The van der Waals surface area contributed by atoms with Gasteiger partial charge in [0, 0.05) is 6.42 Å². The van der Waals surface area contributed by atoms with Crippen LogP contribution in [0.15, 0.2) is 24.3 Å². The van der Waals surface area contributed by atoms with Gasteiger partial charge in [0.05, 0.1) is 12.7 Å². The molecule has 0 saturated carbocycles. The Balaban J connectivity index is 2.26. The molecule has 0 radical (unpaired) electrons. The fourth-order valence-corrected chi connectivity index (χ4v) is 2.55. The molecule has 1 aliphatic rings. The van der Waals surface area contributed by atoms with Crippen LogP contribution in [0.3, 0.4) is 0 Å². The van der Waals surface area contributed by atoms with Crippen molar-refractivity contribution >= 4 is 0 Å². The van der Waals surface area contributed by atoms with E-state index in [1.165, 1.54) is 5.56 Å². The molecular formula is C15H22O2. The Morgan fingerprint density at radius 1 is 1.47 bits per heavy atom. The van der Waals surface area contributed by atoms with Crippen LogP contribution in [0.2, 0.25) is 0 Å². The number of benzene rings is 1. The normalized spacial score (nSPS) is 28.9. The van der Waals surface area contributed by atoms with E-state index in [1.807, 2.05) is 19.1 Å². The molecule has 0 amide bonds. The third-order valence-corrected chi connectivity index (χ3v) is 3.59. The minimum atomic E-state index is -0.799.